The standard InChI is InChI=1S/C24H37N3O3/c1-2-3-4-5-6-7-8-9-10-11-12-13-14-15-20-30-22-18-16-21(17-19-22)27-23(28)25-26-24(27)29/h16-19H,2-15,20H2,1H3. The van der Waals surface area contributed by atoms with Crippen molar-refractivity contribution in [2.75, 3.05) is 11.5 Å². The summed E-state index contributed by atoms with van der Waals surface area (Å²) >= 11 is 0. The van der Waals surface area contributed by atoms with Crippen molar-refractivity contribution in [3.63, 3.8) is 0 Å². The summed E-state index contributed by atoms with van der Waals surface area (Å²) in [7, 11) is 0. The normalized spacial score (nSPS) is 13.4. The first-order valence-electron chi connectivity index (χ1n) is 11.7. The van der Waals surface area contributed by atoms with Gasteiger partial charge in [-0.05, 0) is 30.7 Å². The zero-order chi connectivity index (χ0) is 21.4. The number of carbonyl (C=O) groups excluding carboxylic acids is 2. The minimum atomic E-state index is -0.656. The average Bonchev–Trinajstić information content (AvgIpc) is 3.09. The fourth-order valence-corrected chi connectivity index (χ4v) is 3.66. The van der Waals surface area contributed by atoms with Crippen LogP contribution in [0.5, 0.6) is 5.75 Å². The molecule has 0 N–H and O–H groups in total. The molecule has 2 rings (SSSR count). The van der Waals surface area contributed by atoms with Crippen LogP contribution in [-0.4, -0.2) is 18.7 Å². The highest BCUT2D eigenvalue weighted by atomic mass is 16.5. The van der Waals surface area contributed by atoms with Gasteiger partial charge in [-0.3, -0.25) is 0 Å². The fraction of sp³-hybridized carbons (Fsp3) is 0.667. The summed E-state index contributed by atoms with van der Waals surface area (Å²) in [5.41, 5.74) is 0.457. The molecule has 0 unspecified atom stereocenters. The van der Waals surface area contributed by atoms with Crippen LogP contribution in [0.2, 0.25) is 0 Å². The quantitative estimate of drug-likeness (QED) is 0.241. The topological polar surface area (TPSA) is 71.3 Å². The molecule has 166 valence electrons. The number of unbranched alkanes of at least 4 members (excludes halogenated alkanes) is 13. The molecule has 4 amide bonds. The molecule has 0 bridgehead atoms. The maximum absolute atomic E-state index is 11.5. The van der Waals surface area contributed by atoms with Crippen molar-refractivity contribution in [2.24, 2.45) is 10.2 Å². The minimum absolute atomic E-state index is 0.457. The van der Waals surface area contributed by atoms with E-state index in [0.29, 0.717) is 12.3 Å². The van der Waals surface area contributed by atoms with Gasteiger partial charge in [0.15, 0.2) is 0 Å². The second-order valence-electron chi connectivity index (χ2n) is 8.04. The van der Waals surface area contributed by atoms with E-state index < -0.39 is 12.1 Å². The van der Waals surface area contributed by atoms with Gasteiger partial charge in [0.05, 0.1) is 12.3 Å². The number of nitrogens with zero attached hydrogens (tertiary/aromatic N) is 3. The van der Waals surface area contributed by atoms with Gasteiger partial charge in [0.2, 0.25) is 0 Å². The average molecular weight is 416 g/mol. The Balaban J connectivity index is 1.41. The molecule has 1 aromatic carbocycles. The fourth-order valence-electron chi connectivity index (χ4n) is 3.66. The number of carbonyl (C=O) groups is 2. The van der Waals surface area contributed by atoms with Crippen LogP contribution in [0.15, 0.2) is 34.5 Å². The molecular weight excluding hydrogens is 378 g/mol. The molecule has 0 fully saturated rings. The van der Waals surface area contributed by atoms with E-state index in [-0.39, 0.29) is 0 Å². The van der Waals surface area contributed by atoms with Crippen molar-refractivity contribution < 1.29 is 14.3 Å². The van der Waals surface area contributed by atoms with Crippen molar-refractivity contribution in [3.05, 3.63) is 24.3 Å². The van der Waals surface area contributed by atoms with Crippen LogP contribution in [0.3, 0.4) is 0 Å². The number of hydrogen-bond acceptors (Lipinski definition) is 3. The first-order chi connectivity index (χ1) is 14.7. The van der Waals surface area contributed by atoms with Gasteiger partial charge in [-0.15, -0.1) is 0 Å². The Labute approximate surface area is 181 Å². The Bertz CT molecular complexity index is 640. The van der Waals surface area contributed by atoms with Crippen molar-refractivity contribution >= 4 is 17.7 Å². The van der Waals surface area contributed by atoms with Crippen molar-refractivity contribution in [1.29, 1.82) is 0 Å². The lowest BCUT2D eigenvalue weighted by atomic mass is 10.0. The van der Waals surface area contributed by atoms with E-state index in [0.717, 1.165) is 17.1 Å². The van der Waals surface area contributed by atoms with E-state index in [1.165, 1.54) is 83.5 Å². The lowest BCUT2D eigenvalue weighted by molar-refractivity contribution is 0.249. The monoisotopic (exact) mass is 415 g/mol. The number of benzene rings is 1. The maximum atomic E-state index is 11.5. The summed E-state index contributed by atoms with van der Waals surface area (Å²) in [5, 5.41) is 6.50. The zero-order valence-corrected chi connectivity index (χ0v) is 18.5. The molecule has 1 aromatic rings. The number of rotatable bonds is 17. The summed E-state index contributed by atoms with van der Waals surface area (Å²) in [4.78, 5) is 24.0. The van der Waals surface area contributed by atoms with Crippen molar-refractivity contribution in [3.8, 4) is 5.75 Å². The molecule has 6 nitrogen and oxygen atoms in total. The first-order valence-corrected chi connectivity index (χ1v) is 11.7. The molecule has 0 atom stereocenters. The van der Waals surface area contributed by atoms with E-state index in [9.17, 15) is 9.59 Å². The smallest absolute Gasteiger partial charge is 0.375 e. The highest BCUT2D eigenvalue weighted by molar-refractivity contribution is 6.17. The molecule has 1 heterocycles. The predicted molar refractivity (Wildman–Crippen MR) is 120 cm³/mol. The number of anilines is 1. The molecule has 0 aliphatic carbocycles. The first kappa shape index (κ1) is 24.0. The number of hydrogen-bond donors (Lipinski definition) is 0. The highest BCUT2D eigenvalue weighted by Gasteiger charge is 2.28. The predicted octanol–water partition coefficient (Wildman–Crippen LogP) is 8.06. The lowest BCUT2D eigenvalue weighted by Gasteiger charge is -2.11. The third-order valence-electron chi connectivity index (χ3n) is 5.47. The number of ether oxygens (including phenoxy) is 1. The second kappa shape index (κ2) is 14.7. The van der Waals surface area contributed by atoms with Crippen molar-refractivity contribution in [1.82, 2.24) is 0 Å². The zero-order valence-electron chi connectivity index (χ0n) is 18.5. The van der Waals surface area contributed by atoms with Gasteiger partial charge in [-0.2, -0.15) is 0 Å². The van der Waals surface area contributed by atoms with E-state index in [1.807, 2.05) is 0 Å². The number of urea groups is 2. The second-order valence-corrected chi connectivity index (χ2v) is 8.04. The largest absolute Gasteiger partial charge is 0.494 e. The third-order valence-corrected chi connectivity index (χ3v) is 5.47. The minimum Gasteiger partial charge on any atom is -0.494 e. The maximum Gasteiger partial charge on any atom is 0.375 e. The van der Waals surface area contributed by atoms with Gasteiger partial charge in [-0.1, -0.05) is 101 Å². The van der Waals surface area contributed by atoms with E-state index in [1.54, 1.807) is 24.3 Å². The molecular formula is C24H37N3O3. The summed E-state index contributed by atoms with van der Waals surface area (Å²) < 4.78 is 5.75. The van der Waals surface area contributed by atoms with Crippen LogP contribution in [0.4, 0.5) is 15.3 Å². The van der Waals surface area contributed by atoms with Gasteiger partial charge in [0.25, 0.3) is 0 Å². The SMILES string of the molecule is CCCCCCCCCCCCCCCCOc1ccc(N2C(=O)N=NC2=O)cc1. The van der Waals surface area contributed by atoms with Gasteiger partial charge >= 0.3 is 12.1 Å². The third kappa shape index (κ3) is 9.06. The van der Waals surface area contributed by atoms with E-state index >= 15 is 0 Å². The van der Waals surface area contributed by atoms with Crippen LogP contribution in [0.1, 0.15) is 96.8 Å². The van der Waals surface area contributed by atoms with Crippen LogP contribution < -0.4 is 9.64 Å². The Kier molecular flexibility index (Phi) is 11.8. The van der Waals surface area contributed by atoms with Crippen LogP contribution in [-0.2, 0) is 0 Å². The molecule has 0 saturated carbocycles. The van der Waals surface area contributed by atoms with E-state index in [2.05, 4.69) is 17.2 Å². The highest BCUT2D eigenvalue weighted by Crippen LogP contribution is 2.23. The van der Waals surface area contributed by atoms with Crippen LogP contribution in [0.25, 0.3) is 0 Å². The van der Waals surface area contributed by atoms with Gasteiger partial charge in [0, 0.05) is 0 Å². The summed E-state index contributed by atoms with van der Waals surface area (Å²) in [6.45, 7) is 2.95. The Morgan fingerprint density at radius 2 is 1.10 bits per heavy atom. The molecule has 0 radical (unpaired) electrons. The van der Waals surface area contributed by atoms with Crippen LogP contribution in [0, 0.1) is 0 Å². The van der Waals surface area contributed by atoms with Gasteiger partial charge < -0.3 is 4.74 Å². The molecule has 6 heteroatoms. The molecule has 1 aliphatic rings. The molecule has 1 aliphatic heterocycles. The van der Waals surface area contributed by atoms with Crippen LogP contribution >= 0.6 is 0 Å². The summed E-state index contributed by atoms with van der Waals surface area (Å²) in [5.74, 6) is 0.737. The summed E-state index contributed by atoms with van der Waals surface area (Å²) in [6, 6.07) is 5.56. The van der Waals surface area contributed by atoms with Gasteiger partial charge in [0.1, 0.15) is 5.75 Å². The number of azo groups is 1. The van der Waals surface area contributed by atoms with Crippen molar-refractivity contribution in [2.45, 2.75) is 96.8 Å². The molecule has 0 aromatic heterocycles. The summed E-state index contributed by atoms with van der Waals surface area (Å²) in [6.07, 6.45) is 18.7. The Morgan fingerprint density at radius 3 is 1.57 bits per heavy atom. The molecule has 0 saturated heterocycles. The molecule has 0 spiro atoms. The number of imide groups is 1. The number of amides is 4. The Morgan fingerprint density at radius 1 is 0.667 bits per heavy atom. The lowest BCUT2D eigenvalue weighted by Crippen LogP contribution is -2.27. The molecule has 30 heavy (non-hydrogen) atoms. The Hall–Kier alpha value is -2.24. The van der Waals surface area contributed by atoms with Gasteiger partial charge in [-0.25, -0.2) is 14.5 Å². The van der Waals surface area contributed by atoms with E-state index in [4.69, 9.17) is 4.74 Å².